The summed E-state index contributed by atoms with van der Waals surface area (Å²) in [5, 5.41) is 0. The molecule has 17 heavy (non-hydrogen) atoms. The Kier molecular flexibility index (Phi) is 3.51. The summed E-state index contributed by atoms with van der Waals surface area (Å²) in [7, 11) is -3.36. The molecule has 0 aromatic heterocycles. The van der Waals surface area contributed by atoms with Crippen LogP contribution in [0, 0.1) is 6.92 Å². The van der Waals surface area contributed by atoms with Crippen LogP contribution in [0.5, 0.6) is 0 Å². The Morgan fingerprint density at radius 1 is 1.29 bits per heavy atom. The summed E-state index contributed by atoms with van der Waals surface area (Å²) in [5.74, 6) is 0. The van der Waals surface area contributed by atoms with Gasteiger partial charge in [0.15, 0.2) is 0 Å². The van der Waals surface area contributed by atoms with Gasteiger partial charge in [0.2, 0.25) is 10.0 Å². The topological polar surface area (TPSA) is 63.4 Å². The number of hydrogen-bond acceptors (Lipinski definition) is 3. The molecule has 0 saturated carbocycles. The summed E-state index contributed by atoms with van der Waals surface area (Å²) < 4.78 is 26.1. The van der Waals surface area contributed by atoms with Gasteiger partial charge in [-0.1, -0.05) is 17.7 Å². The molecule has 5 heteroatoms. The predicted molar refractivity (Wildman–Crippen MR) is 67.1 cm³/mol. The molecule has 2 rings (SSSR count). The molecule has 0 spiro atoms. The van der Waals surface area contributed by atoms with Gasteiger partial charge in [-0.2, -0.15) is 4.31 Å². The minimum atomic E-state index is -3.36. The lowest BCUT2D eigenvalue weighted by Crippen LogP contribution is -2.45. The first-order chi connectivity index (χ1) is 8.00. The fourth-order valence-corrected chi connectivity index (χ4v) is 3.59. The lowest BCUT2D eigenvalue weighted by atomic mass is 10.1. The van der Waals surface area contributed by atoms with Gasteiger partial charge in [0, 0.05) is 19.1 Å². The number of piperidine rings is 1. The summed E-state index contributed by atoms with van der Waals surface area (Å²) in [6.45, 7) is 2.94. The second-order valence-corrected chi connectivity index (χ2v) is 6.52. The summed E-state index contributed by atoms with van der Waals surface area (Å²) in [5.41, 5.74) is 6.87. The van der Waals surface area contributed by atoms with Crippen LogP contribution in [0.2, 0.25) is 0 Å². The molecular formula is C12H18N2O2S. The number of aryl methyl sites for hydroxylation is 1. The molecule has 0 amide bonds. The van der Waals surface area contributed by atoms with Gasteiger partial charge in [-0.05, 0) is 31.9 Å². The first-order valence-electron chi connectivity index (χ1n) is 5.82. The van der Waals surface area contributed by atoms with E-state index in [0.29, 0.717) is 18.0 Å². The molecule has 94 valence electrons. The van der Waals surface area contributed by atoms with Crippen molar-refractivity contribution in [3.05, 3.63) is 29.8 Å². The van der Waals surface area contributed by atoms with Crippen LogP contribution in [0.25, 0.3) is 0 Å². The Labute approximate surface area is 102 Å². The van der Waals surface area contributed by atoms with Crippen LogP contribution < -0.4 is 5.73 Å². The summed E-state index contributed by atoms with van der Waals surface area (Å²) >= 11 is 0. The Bertz CT molecular complexity index is 482. The van der Waals surface area contributed by atoms with Crippen LogP contribution in [0.3, 0.4) is 0 Å². The average Bonchev–Trinajstić information content (AvgIpc) is 2.29. The highest BCUT2D eigenvalue weighted by atomic mass is 32.2. The van der Waals surface area contributed by atoms with Gasteiger partial charge in [0.25, 0.3) is 0 Å². The summed E-state index contributed by atoms with van der Waals surface area (Å²) in [6.07, 6.45) is 1.74. The van der Waals surface area contributed by atoms with Crippen molar-refractivity contribution in [3.8, 4) is 0 Å². The van der Waals surface area contributed by atoms with Gasteiger partial charge < -0.3 is 5.73 Å². The minimum Gasteiger partial charge on any atom is -0.327 e. The third-order valence-corrected chi connectivity index (χ3v) is 4.96. The second kappa shape index (κ2) is 4.76. The SMILES string of the molecule is Cc1ccc(S(=O)(=O)N2CCC[C@@H](N)C2)cc1. The van der Waals surface area contributed by atoms with E-state index < -0.39 is 10.0 Å². The highest BCUT2D eigenvalue weighted by Crippen LogP contribution is 2.20. The predicted octanol–water partition coefficient (Wildman–Crippen LogP) is 1.11. The second-order valence-electron chi connectivity index (χ2n) is 4.58. The maximum atomic E-state index is 12.3. The molecule has 4 nitrogen and oxygen atoms in total. The van der Waals surface area contributed by atoms with Gasteiger partial charge >= 0.3 is 0 Å². The molecular weight excluding hydrogens is 236 g/mol. The number of hydrogen-bond donors (Lipinski definition) is 1. The molecule has 1 aromatic carbocycles. The van der Waals surface area contributed by atoms with Gasteiger partial charge in [0.1, 0.15) is 0 Å². The zero-order chi connectivity index (χ0) is 12.5. The molecule has 1 aliphatic heterocycles. The van der Waals surface area contributed by atoms with E-state index in [2.05, 4.69) is 0 Å². The van der Waals surface area contributed by atoms with Crippen molar-refractivity contribution in [2.45, 2.75) is 30.7 Å². The Morgan fingerprint density at radius 2 is 1.94 bits per heavy atom. The number of rotatable bonds is 2. The fourth-order valence-electron chi connectivity index (χ4n) is 2.05. The van der Waals surface area contributed by atoms with Crippen LogP contribution in [-0.4, -0.2) is 31.9 Å². The molecule has 1 fully saturated rings. The van der Waals surface area contributed by atoms with E-state index >= 15 is 0 Å². The van der Waals surface area contributed by atoms with Crippen LogP contribution >= 0.6 is 0 Å². The van der Waals surface area contributed by atoms with E-state index in [1.165, 1.54) is 4.31 Å². The lowest BCUT2D eigenvalue weighted by Gasteiger charge is -2.29. The van der Waals surface area contributed by atoms with Crippen LogP contribution in [0.15, 0.2) is 29.2 Å². The van der Waals surface area contributed by atoms with Crippen molar-refractivity contribution in [1.82, 2.24) is 4.31 Å². The first-order valence-corrected chi connectivity index (χ1v) is 7.26. The van der Waals surface area contributed by atoms with E-state index in [4.69, 9.17) is 5.73 Å². The zero-order valence-corrected chi connectivity index (χ0v) is 10.8. The Morgan fingerprint density at radius 3 is 2.53 bits per heavy atom. The van der Waals surface area contributed by atoms with E-state index in [-0.39, 0.29) is 6.04 Å². The van der Waals surface area contributed by atoms with Crippen LogP contribution in [0.4, 0.5) is 0 Å². The first kappa shape index (κ1) is 12.5. The molecule has 2 N–H and O–H groups in total. The van der Waals surface area contributed by atoms with E-state index in [1.807, 2.05) is 19.1 Å². The van der Waals surface area contributed by atoms with Crippen molar-refractivity contribution in [2.75, 3.05) is 13.1 Å². The Balaban J connectivity index is 2.26. The summed E-state index contributed by atoms with van der Waals surface area (Å²) in [6, 6.07) is 6.91. The third kappa shape index (κ3) is 2.68. The number of benzene rings is 1. The molecule has 0 aliphatic carbocycles. The Hall–Kier alpha value is -0.910. The summed E-state index contributed by atoms with van der Waals surface area (Å²) in [4.78, 5) is 0.359. The minimum absolute atomic E-state index is 0.0380. The number of nitrogens with two attached hydrogens (primary N) is 1. The molecule has 1 atom stereocenters. The quantitative estimate of drug-likeness (QED) is 0.860. The molecule has 0 radical (unpaired) electrons. The van der Waals surface area contributed by atoms with Gasteiger partial charge in [-0.3, -0.25) is 0 Å². The van der Waals surface area contributed by atoms with Crippen molar-refractivity contribution in [2.24, 2.45) is 5.73 Å². The van der Waals surface area contributed by atoms with Crippen LogP contribution in [0.1, 0.15) is 18.4 Å². The van der Waals surface area contributed by atoms with E-state index in [1.54, 1.807) is 12.1 Å². The van der Waals surface area contributed by atoms with E-state index in [0.717, 1.165) is 18.4 Å². The highest BCUT2D eigenvalue weighted by Gasteiger charge is 2.28. The maximum Gasteiger partial charge on any atom is 0.243 e. The van der Waals surface area contributed by atoms with E-state index in [9.17, 15) is 8.42 Å². The van der Waals surface area contributed by atoms with Gasteiger partial charge in [-0.25, -0.2) is 8.42 Å². The standard InChI is InChI=1S/C12H18N2O2S/c1-10-4-6-12(7-5-10)17(15,16)14-8-2-3-11(13)9-14/h4-7,11H,2-3,8-9,13H2,1H3/t11-/m1/s1. The largest absolute Gasteiger partial charge is 0.327 e. The fraction of sp³-hybridized carbons (Fsp3) is 0.500. The van der Waals surface area contributed by atoms with Crippen molar-refractivity contribution >= 4 is 10.0 Å². The van der Waals surface area contributed by atoms with Crippen molar-refractivity contribution < 1.29 is 8.42 Å². The smallest absolute Gasteiger partial charge is 0.243 e. The third-order valence-electron chi connectivity index (χ3n) is 3.08. The van der Waals surface area contributed by atoms with Gasteiger partial charge in [0.05, 0.1) is 4.90 Å². The van der Waals surface area contributed by atoms with Crippen LogP contribution in [-0.2, 0) is 10.0 Å². The normalized spacial score (nSPS) is 22.6. The lowest BCUT2D eigenvalue weighted by molar-refractivity contribution is 0.316. The average molecular weight is 254 g/mol. The van der Waals surface area contributed by atoms with Gasteiger partial charge in [-0.15, -0.1) is 0 Å². The molecule has 1 saturated heterocycles. The maximum absolute atomic E-state index is 12.3. The monoisotopic (exact) mass is 254 g/mol. The zero-order valence-electron chi connectivity index (χ0n) is 9.96. The molecule has 1 aliphatic rings. The number of sulfonamides is 1. The highest BCUT2D eigenvalue weighted by molar-refractivity contribution is 7.89. The van der Waals surface area contributed by atoms with Crippen molar-refractivity contribution in [3.63, 3.8) is 0 Å². The molecule has 0 bridgehead atoms. The number of nitrogens with zero attached hydrogens (tertiary/aromatic N) is 1. The molecule has 1 heterocycles. The molecule has 0 unspecified atom stereocenters. The molecule has 1 aromatic rings. The van der Waals surface area contributed by atoms with Crippen molar-refractivity contribution in [1.29, 1.82) is 0 Å².